The van der Waals surface area contributed by atoms with E-state index in [0.29, 0.717) is 5.95 Å². The van der Waals surface area contributed by atoms with Crippen LogP contribution in [-0.4, -0.2) is 61.0 Å². The van der Waals surface area contributed by atoms with E-state index < -0.39 is 0 Å². The van der Waals surface area contributed by atoms with E-state index in [0.717, 1.165) is 55.8 Å². The molecule has 0 amide bonds. The average Bonchev–Trinajstić information content (AvgIpc) is 3.49. The first-order valence-corrected chi connectivity index (χ1v) is 10.4. The van der Waals surface area contributed by atoms with Crippen molar-refractivity contribution in [2.24, 2.45) is 0 Å². The third-order valence-electron chi connectivity index (χ3n) is 5.49. The van der Waals surface area contributed by atoms with Gasteiger partial charge in [-0.25, -0.2) is 19.9 Å². The summed E-state index contributed by atoms with van der Waals surface area (Å²) < 4.78 is 0. The molecular weight excluding hydrogens is 390 g/mol. The van der Waals surface area contributed by atoms with Gasteiger partial charge in [-0.05, 0) is 36.8 Å². The largest absolute Gasteiger partial charge is 0.368 e. The van der Waals surface area contributed by atoms with E-state index in [9.17, 15) is 0 Å². The van der Waals surface area contributed by atoms with Crippen LogP contribution in [0.4, 0.5) is 17.5 Å². The lowest BCUT2D eigenvalue weighted by Gasteiger charge is -2.36. The highest BCUT2D eigenvalue weighted by molar-refractivity contribution is 5.58. The number of hydrogen-bond acceptors (Lipinski definition) is 7. The van der Waals surface area contributed by atoms with Crippen molar-refractivity contribution in [3.05, 3.63) is 66.5 Å². The SMILES string of the molecule is Cc1nc(-c2ncc[nH]2)ccc1N1CCN(Cc2ccnc(Nc3ncc[nH]3)c2)CC1. The van der Waals surface area contributed by atoms with Crippen LogP contribution in [0.5, 0.6) is 0 Å². The van der Waals surface area contributed by atoms with Gasteiger partial charge in [0, 0.05) is 63.7 Å². The lowest BCUT2D eigenvalue weighted by molar-refractivity contribution is 0.249. The molecule has 0 radical (unpaired) electrons. The minimum atomic E-state index is 0.695. The summed E-state index contributed by atoms with van der Waals surface area (Å²) in [6.07, 6.45) is 8.91. The molecule has 0 spiro atoms. The Hall–Kier alpha value is -3.72. The second-order valence-corrected chi connectivity index (χ2v) is 7.61. The minimum Gasteiger partial charge on any atom is -0.368 e. The molecule has 1 fully saturated rings. The Bertz CT molecular complexity index is 1110. The summed E-state index contributed by atoms with van der Waals surface area (Å²) in [6, 6.07) is 8.35. The molecule has 4 aromatic rings. The van der Waals surface area contributed by atoms with Gasteiger partial charge in [-0.1, -0.05) is 0 Å². The van der Waals surface area contributed by atoms with Crippen molar-refractivity contribution >= 4 is 17.5 Å². The number of pyridine rings is 2. The Morgan fingerprint density at radius 2 is 1.77 bits per heavy atom. The predicted octanol–water partition coefficient (Wildman–Crippen LogP) is 2.96. The number of aryl methyl sites for hydroxylation is 1. The summed E-state index contributed by atoms with van der Waals surface area (Å²) in [6.45, 7) is 6.93. The van der Waals surface area contributed by atoms with Gasteiger partial charge >= 0.3 is 0 Å². The summed E-state index contributed by atoms with van der Waals surface area (Å²) in [7, 11) is 0. The van der Waals surface area contributed by atoms with Gasteiger partial charge in [-0.15, -0.1) is 0 Å². The summed E-state index contributed by atoms with van der Waals surface area (Å²) in [5.41, 5.74) is 4.34. The molecule has 0 unspecified atom stereocenters. The smallest absolute Gasteiger partial charge is 0.205 e. The van der Waals surface area contributed by atoms with Gasteiger partial charge in [0.1, 0.15) is 11.5 Å². The van der Waals surface area contributed by atoms with Crippen LogP contribution < -0.4 is 10.2 Å². The Morgan fingerprint density at radius 1 is 0.935 bits per heavy atom. The molecule has 1 saturated heterocycles. The molecule has 3 N–H and O–H groups in total. The number of hydrogen-bond donors (Lipinski definition) is 3. The standard InChI is InChI=1S/C22H25N9/c1-16-19(3-2-18(28-16)21-24-6-7-25-21)31-12-10-30(11-13-31)15-17-4-5-23-20(14-17)29-22-26-8-9-27-22/h2-9,14H,10-13,15H2,1H3,(H,24,25)(H2,23,26,27,29). The number of imidazole rings is 2. The number of anilines is 3. The minimum absolute atomic E-state index is 0.695. The van der Waals surface area contributed by atoms with E-state index in [1.165, 1.54) is 11.3 Å². The monoisotopic (exact) mass is 415 g/mol. The first kappa shape index (κ1) is 19.3. The molecule has 9 heteroatoms. The van der Waals surface area contributed by atoms with Gasteiger partial charge in [0.25, 0.3) is 0 Å². The molecule has 1 aliphatic rings. The fraction of sp³-hybridized carbons (Fsp3) is 0.273. The van der Waals surface area contributed by atoms with Gasteiger partial charge in [0.05, 0.1) is 11.4 Å². The lowest BCUT2D eigenvalue weighted by atomic mass is 10.2. The van der Waals surface area contributed by atoms with E-state index in [-0.39, 0.29) is 0 Å². The molecule has 5 heterocycles. The Morgan fingerprint density at radius 3 is 2.52 bits per heavy atom. The number of aromatic nitrogens is 6. The third kappa shape index (κ3) is 4.41. The first-order chi connectivity index (χ1) is 15.2. The van der Waals surface area contributed by atoms with E-state index in [1.54, 1.807) is 18.6 Å². The van der Waals surface area contributed by atoms with Crippen LogP contribution in [-0.2, 0) is 6.54 Å². The van der Waals surface area contributed by atoms with Crippen LogP contribution in [0.15, 0.2) is 55.2 Å². The van der Waals surface area contributed by atoms with Crippen LogP contribution in [0.25, 0.3) is 11.5 Å². The number of nitrogens with one attached hydrogen (secondary N) is 3. The molecule has 0 bridgehead atoms. The number of piperazine rings is 1. The van der Waals surface area contributed by atoms with Gasteiger partial charge in [-0.2, -0.15) is 0 Å². The van der Waals surface area contributed by atoms with Gasteiger partial charge in [0.2, 0.25) is 5.95 Å². The quantitative estimate of drug-likeness (QED) is 0.445. The molecule has 0 saturated carbocycles. The van der Waals surface area contributed by atoms with Crippen molar-refractivity contribution in [2.75, 3.05) is 36.4 Å². The molecule has 0 aromatic carbocycles. The fourth-order valence-electron chi connectivity index (χ4n) is 3.93. The predicted molar refractivity (Wildman–Crippen MR) is 120 cm³/mol. The molecule has 4 aromatic heterocycles. The van der Waals surface area contributed by atoms with E-state index in [1.807, 2.05) is 18.5 Å². The van der Waals surface area contributed by atoms with Crippen molar-refractivity contribution < 1.29 is 0 Å². The third-order valence-corrected chi connectivity index (χ3v) is 5.49. The normalized spacial score (nSPS) is 14.7. The number of H-pyrrole nitrogens is 2. The van der Waals surface area contributed by atoms with E-state index in [4.69, 9.17) is 4.98 Å². The number of aromatic amines is 2. The van der Waals surface area contributed by atoms with Crippen LogP contribution in [0.2, 0.25) is 0 Å². The fourth-order valence-corrected chi connectivity index (χ4v) is 3.93. The molecule has 158 valence electrons. The zero-order chi connectivity index (χ0) is 21.0. The summed E-state index contributed by atoms with van der Waals surface area (Å²) in [4.78, 5) is 28.7. The van der Waals surface area contributed by atoms with Crippen molar-refractivity contribution in [3.63, 3.8) is 0 Å². The Labute approximate surface area is 180 Å². The zero-order valence-electron chi connectivity index (χ0n) is 17.4. The maximum absolute atomic E-state index is 4.75. The topological polar surface area (TPSA) is 102 Å². The average molecular weight is 416 g/mol. The summed E-state index contributed by atoms with van der Waals surface area (Å²) in [5.74, 6) is 2.29. The number of nitrogens with zero attached hydrogens (tertiary/aromatic N) is 6. The molecule has 5 rings (SSSR count). The molecule has 0 atom stereocenters. The summed E-state index contributed by atoms with van der Waals surface area (Å²) in [5, 5.41) is 3.19. The van der Waals surface area contributed by atoms with Crippen LogP contribution >= 0.6 is 0 Å². The van der Waals surface area contributed by atoms with Crippen LogP contribution in [0.3, 0.4) is 0 Å². The highest BCUT2D eigenvalue weighted by Gasteiger charge is 2.19. The zero-order valence-corrected chi connectivity index (χ0v) is 17.4. The first-order valence-electron chi connectivity index (χ1n) is 10.4. The van der Waals surface area contributed by atoms with Crippen molar-refractivity contribution in [1.29, 1.82) is 0 Å². The van der Waals surface area contributed by atoms with E-state index in [2.05, 4.69) is 65.2 Å². The maximum Gasteiger partial charge on any atom is 0.205 e. The molecule has 9 nitrogen and oxygen atoms in total. The molecule has 31 heavy (non-hydrogen) atoms. The van der Waals surface area contributed by atoms with Crippen LogP contribution in [0, 0.1) is 6.92 Å². The second kappa shape index (κ2) is 8.57. The second-order valence-electron chi connectivity index (χ2n) is 7.61. The Kier molecular flexibility index (Phi) is 5.32. The summed E-state index contributed by atoms with van der Waals surface area (Å²) >= 11 is 0. The van der Waals surface area contributed by atoms with Crippen molar-refractivity contribution in [2.45, 2.75) is 13.5 Å². The van der Waals surface area contributed by atoms with Gasteiger partial charge < -0.3 is 20.2 Å². The molecular formula is C22H25N9. The van der Waals surface area contributed by atoms with E-state index >= 15 is 0 Å². The number of rotatable bonds is 6. The van der Waals surface area contributed by atoms with Gasteiger partial charge in [-0.3, -0.25) is 4.90 Å². The molecule has 1 aliphatic heterocycles. The molecule has 0 aliphatic carbocycles. The van der Waals surface area contributed by atoms with Crippen molar-refractivity contribution in [1.82, 2.24) is 34.8 Å². The van der Waals surface area contributed by atoms with Crippen LogP contribution in [0.1, 0.15) is 11.3 Å². The van der Waals surface area contributed by atoms with Crippen molar-refractivity contribution in [3.8, 4) is 11.5 Å². The van der Waals surface area contributed by atoms with Gasteiger partial charge in [0.15, 0.2) is 5.82 Å². The maximum atomic E-state index is 4.75. The highest BCUT2D eigenvalue weighted by atomic mass is 15.3. The lowest BCUT2D eigenvalue weighted by Crippen LogP contribution is -2.46. The Balaban J connectivity index is 1.19. The highest BCUT2D eigenvalue weighted by Crippen LogP contribution is 2.24.